The molecule has 14 heavy (non-hydrogen) atoms. The highest BCUT2D eigenvalue weighted by atomic mass is 16.5. The van der Waals surface area contributed by atoms with Crippen molar-refractivity contribution in [1.82, 2.24) is 0 Å². The molecule has 0 aromatic heterocycles. The van der Waals surface area contributed by atoms with E-state index in [1.54, 1.807) is 6.07 Å². The number of carbonyl (C=O) groups is 1. The number of rotatable bonds is 1. The monoisotopic (exact) mass is 190 g/mol. The molecule has 0 bridgehead atoms. The van der Waals surface area contributed by atoms with E-state index in [9.17, 15) is 4.79 Å². The molecule has 0 amide bonds. The van der Waals surface area contributed by atoms with E-state index in [2.05, 4.69) is 4.74 Å². The van der Waals surface area contributed by atoms with Gasteiger partial charge in [-0.1, -0.05) is 18.2 Å². The lowest BCUT2D eigenvalue weighted by molar-refractivity contribution is 0.0596. The van der Waals surface area contributed by atoms with Gasteiger partial charge in [-0.3, -0.25) is 0 Å². The van der Waals surface area contributed by atoms with Crippen LogP contribution in [0.4, 0.5) is 0 Å². The number of hydrogen-bond acceptors (Lipinski definition) is 3. The number of hydrogen-bond donors (Lipinski definition) is 0. The third-order valence-electron chi connectivity index (χ3n) is 2.07. The second kappa shape index (κ2) is 3.54. The number of benzene rings is 1. The third kappa shape index (κ3) is 1.37. The molecule has 0 saturated carbocycles. The van der Waals surface area contributed by atoms with E-state index in [1.807, 2.05) is 24.3 Å². The van der Waals surface area contributed by atoms with Crippen LogP contribution in [0.1, 0.15) is 15.9 Å². The minimum atomic E-state index is -0.364. The third-order valence-corrected chi connectivity index (χ3v) is 2.07. The highest BCUT2D eigenvalue weighted by molar-refractivity contribution is 5.94. The molecule has 1 heterocycles. The van der Waals surface area contributed by atoms with E-state index >= 15 is 0 Å². The lowest BCUT2D eigenvalue weighted by Crippen LogP contribution is -2.09. The van der Waals surface area contributed by atoms with Gasteiger partial charge < -0.3 is 9.47 Å². The molecule has 0 fully saturated rings. The molecule has 0 radical (unpaired) electrons. The average Bonchev–Trinajstić information content (AvgIpc) is 2.27. The Balaban J connectivity index is 2.51. The zero-order valence-corrected chi connectivity index (χ0v) is 7.82. The quantitative estimate of drug-likeness (QED) is 0.634. The summed E-state index contributed by atoms with van der Waals surface area (Å²) in [6.07, 6.45) is 3.84. The smallest absolute Gasteiger partial charge is 0.341 e. The Hall–Kier alpha value is -1.77. The first kappa shape index (κ1) is 8.81. The molecule has 1 aliphatic rings. The average molecular weight is 190 g/mol. The Morgan fingerprint density at radius 1 is 1.50 bits per heavy atom. The maximum Gasteiger partial charge on any atom is 0.341 e. The fourth-order valence-corrected chi connectivity index (χ4v) is 1.42. The molecule has 0 saturated heterocycles. The first-order valence-corrected chi connectivity index (χ1v) is 4.33. The molecule has 0 atom stereocenters. The maximum absolute atomic E-state index is 11.4. The van der Waals surface area contributed by atoms with Crippen LogP contribution < -0.4 is 4.74 Å². The molecule has 3 heteroatoms. The van der Waals surface area contributed by atoms with Crippen LogP contribution in [0.25, 0.3) is 6.08 Å². The number of carbonyl (C=O) groups excluding carboxylic acids is 1. The van der Waals surface area contributed by atoms with Gasteiger partial charge in [0, 0.05) is 5.56 Å². The molecule has 0 spiro atoms. The molecule has 0 unspecified atom stereocenters. The van der Waals surface area contributed by atoms with Crippen LogP contribution in [0.15, 0.2) is 24.3 Å². The van der Waals surface area contributed by atoms with Crippen LogP contribution in [0.3, 0.4) is 0 Å². The van der Waals surface area contributed by atoms with Crippen molar-refractivity contribution in [1.29, 1.82) is 0 Å². The number of esters is 1. The number of para-hydroxylation sites is 1. The minimum Gasteiger partial charge on any atom is -0.488 e. The molecule has 72 valence electrons. The summed E-state index contributed by atoms with van der Waals surface area (Å²) >= 11 is 0. The minimum absolute atomic E-state index is 0.364. The standard InChI is InChI=1S/C11H10O3/c1-13-11(12)9-6-2-4-8-5-3-7-14-10(8)9/h2-6H,7H2,1H3. The van der Waals surface area contributed by atoms with Crippen molar-refractivity contribution in [2.24, 2.45) is 0 Å². The van der Waals surface area contributed by atoms with Gasteiger partial charge in [-0.25, -0.2) is 4.79 Å². The Kier molecular flexibility index (Phi) is 2.23. The second-order valence-electron chi connectivity index (χ2n) is 2.93. The summed E-state index contributed by atoms with van der Waals surface area (Å²) in [5, 5.41) is 0. The Bertz CT molecular complexity index is 394. The number of fused-ring (bicyclic) bond motifs is 1. The van der Waals surface area contributed by atoms with Gasteiger partial charge in [0.25, 0.3) is 0 Å². The van der Waals surface area contributed by atoms with Crippen LogP contribution in [0.2, 0.25) is 0 Å². The topological polar surface area (TPSA) is 35.5 Å². The predicted octanol–water partition coefficient (Wildman–Crippen LogP) is 1.88. The summed E-state index contributed by atoms with van der Waals surface area (Å²) in [7, 11) is 1.36. The highest BCUT2D eigenvalue weighted by Crippen LogP contribution is 2.28. The van der Waals surface area contributed by atoms with Gasteiger partial charge in [0.2, 0.25) is 0 Å². The van der Waals surface area contributed by atoms with E-state index in [4.69, 9.17) is 4.74 Å². The number of methoxy groups -OCH3 is 1. The molecule has 1 aliphatic heterocycles. The van der Waals surface area contributed by atoms with Crippen molar-refractivity contribution in [3.8, 4) is 5.75 Å². The van der Waals surface area contributed by atoms with Gasteiger partial charge in [0.05, 0.1) is 7.11 Å². The van der Waals surface area contributed by atoms with Crippen molar-refractivity contribution in [2.45, 2.75) is 0 Å². The molecule has 1 aromatic carbocycles. The van der Waals surface area contributed by atoms with E-state index < -0.39 is 0 Å². The van der Waals surface area contributed by atoms with Gasteiger partial charge >= 0.3 is 5.97 Å². The van der Waals surface area contributed by atoms with Crippen molar-refractivity contribution in [2.75, 3.05) is 13.7 Å². The van der Waals surface area contributed by atoms with Crippen LogP contribution >= 0.6 is 0 Å². The van der Waals surface area contributed by atoms with E-state index in [0.29, 0.717) is 17.9 Å². The maximum atomic E-state index is 11.4. The second-order valence-corrected chi connectivity index (χ2v) is 2.93. The van der Waals surface area contributed by atoms with E-state index in [1.165, 1.54) is 7.11 Å². The van der Waals surface area contributed by atoms with Crippen molar-refractivity contribution in [3.63, 3.8) is 0 Å². The fourth-order valence-electron chi connectivity index (χ4n) is 1.42. The molecule has 2 rings (SSSR count). The molecule has 0 N–H and O–H groups in total. The SMILES string of the molecule is COC(=O)c1cccc2c1OCC=C2. The molecule has 0 aliphatic carbocycles. The van der Waals surface area contributed by atoms with Gasteiger partial charge in [-0.05, 0) is 12.1 Å². The Morgan fingerprint density at radius 3 is 3.14 bits per heavy atom. The first-order valence-electron chi connectivity index (χ1n) is 4.33. The molecular formula is C11H10O3. The Morgan fingerprint density at radius 2 is 2.36 bits per heavy atom. The van der Waals surface area contributed by atoms with E-state index in [0.717, 1.165) is 5.56 Å². The summed E-state index contributed by atoms with van der Waals surface area (Å²) < 4.78 is 10.0. The summed E-state index contributed by atoms with van der Waals surface area (Å²) in [6, 6.07) is 5.41. The fraction of sp³-hybridized carbons (Fsp3) is 0.182. The molecule has 1 aromatic rings. The van der Waals surface area contributed by atoms with Crippen LogP contribution in [0, 0.1) is 0 Å². The highest BCUT2D eigenvalue weighted by Gasteiger charge is 2.16. The molecule has 3 nitrogen and oxygen atoms in total. The summed E-state index contributed by atoms with van der Waals surface area (Å²) in [4.78, 5) is 11.4. The van der Waals surface area contributed by atoms with Crippen LogP contribution in [0.5, 0.6) is 5.75 Å². The van der Waals surface area contributed by atoms with Crippen molar-refractivity contribution in [3.05, 3.63) is 35.4 Å². The van der Waals surface area contributed by atoms with Gasteiger partial charge in [-0.2, -0.15) is 0 Å². The first-order chi connectivity index (χ1) is 6.83. The zero-order chi connectivity index (χ0) is 9.97. The Labute approximate surface area is 81.9 Å². The lowest BCUT2D eigenvalue weighted by Gasteiger charge is -2.14. The van der Waals surface area contributed by atoms with Gasteiger partial charge in [0.1, 0.15) is 17.9 Å². The van der Waals surface area contributed by atoms with E-state index in [-0.39, 0.29) is 5.97 Å². The summed E-state index contributed by atoms with van der Waals surface area (Å²) in [5.74, 6) is 0.249. The lowest BCUT2D eigenvalue weighted by atomic mass is 10.1. The predicted molar refractivity (Wildman–Crippen MR) is 52.3 cm³/mol. The van der Waals surface area contributed by atoms with Crippen molar-refractivity contribution < 1.29 is 14.3 Å². The summed E-state index contributed by atoms with van der Waals surface area (Å²) in [5.41, 5.74) is 1.40. The largest absolute Gasteiger partial charge is 0.488 e. The number of ether oxygens (including phenoxy) is 2. The van der Waals surface area contributed by atoms with Gasteiger partial charge in [0.15, 0.2) is 0 Å². The zero-order valence-electron chi connectivity index (χ0n) is 7.82. The normalized spacial score (nSPS) is 12.9. The summed E-state index contributed by atoms with van der Waals surface area (Å²) in [6.45, 7) is 0.501. The van der Waals surface area contributed by atoms with Crippen LogP contribution in [-0.2, 0) is 4.74 Å². The van der Waals surface area contributed by atoms with Gasteiger partial charge in [-0.15, -0.1) is 0 Å². The van der Waals surface area contributed by atoms with Crippen molar-refractivity contribution >= 4 is 12.0 Å². The molecular weight excluding hydrogens is 180 g/mol. The van der Waals surface area contributed by atoms with Crippen LogP contribution in [-0.4, -0.2) is 19.7 Å².